The second-order valence-electron chi connectivity index (χ2n) is 4.85. The summed E-state index contributed by atoms with van der Waals surface area (Å²) in [6.45, 7) is -0.198. The summed E-state index contributed by atoms with van der Waals surface area (Å²) in [7, 11) is 2.74. The normalized spacial score (nSPS) is 24.3. The Morgan fingerprint density at radius 3 is 2.62 bits per heavy atom. The molecule has 5 amide bonds. The largest absolute Gasteiger partial charge is 0.481 e. The lowest BCUT2D eigenvalue weighted by Gasteiger charge is -2.30. The summed E-state index contributed by atoms with van der Waals surface area (Å²) in [5, 5.41) is 5.69. The Balaban J connectivity index is 2.15. The van der Waals surface area contributed by atoms with Crippen molar-refractivity contribution in [2.24, 2.45) is 0 Å². The van der Waals surface area contributed by atoms with Gasteiger partial charge in [0.25, 0.3) is 5.91 Å². The van der Waals surface area contributed by atoms with Gasteiger partial charge in [0.05, 0.1) is 12.7 Å². The average molecular weight is 295 g/mol. The van der Waals surface area contributed by atoms with Crippen LogP contribution < -0.4 is 20.0 Å². The van der Waals surface area contributed by atoms with Crippen molar-refractivity contribution in [2.75, 3.05) is 26.0 Å². The molecular formula is C12H12FN4O4+. The average Bonchev–Trinajstić information content (AvgIpc) is 2.63. The Bertz CT molecular complexity index is 692. The minimum Gasteiger partial charge on any atom is -0.481 e. The maximum absolute atomic E-state index is 14.3. The van der Waals surface area contributed by atoms with E-state index in [-0.39, 0.29) is 29.6 Å². The molecule has 0 aromatic heterocycles. The van der Waals surface area contributed by atoms with Crippen molar-refractivity contribution in [3.05, 3.63) is 17.9 Å². The number of rotatable bonds is 1. The summed E-state index contributed by atoms with van der Waals surface area (Å²) in [6, 6.07) is 1.04. The van der Waals surface area contributed by atoms with Gasteiger partial charge in [-0.25, -0.2) is 19.3 Å². The van der Waals surface area contributed by atoms with Gasteiger partial charge in [0, 0.05) is 12.1 Å². The Labute approximate surface area is 118 Å². The van der Waals surface area contributed by atoms with Crippen molar-refractivity contribution in [1.82, 2.24) is 14.9 Å². The van der Waals surface area contributed by atoms with Gasteiger partial charge in [-0.2, -0.15) is 5.01 Å². The highest BCUT2D eigenvalue weighted by Gasteiger charge is 2.52. The smallest absolute Gasteiger partial charge is 0.454 e. The van der Waals surface area contributed by atoms with E-state index in [2.05, 4.69) is 10.6 Å². The molecule has 0 saturated carbocycles. The van der Waals surface area contributed by atoms with Crippen LogP contribution in [0.25, 0.3) is 0 Å². The predicted octanol–water partition coefficient (Wildman–Crippen LogP) is 0.784. The molecule has 0 radical (unpaired) electrons. The SMILES string of the molecule is CN1C(=O)NC(=O)[N+]1(C)c1cc2c(cc1F)OCC(=O)N2. The van der Waals surface area contributed by atoms with E-state index in [1.807, 2.05) is 0 Å². The van der Waals surface area contributed by atoms with Crippen LogP contribution in [0.2, 0.25) is 0 Å². The van der Waals surface area contributed by atoms with E-state index in [4.69, 9.17) is 4.74 Å². The lowest BCUT2D eigenvalue weighted by molar-refractivity contribution is -0.118. The van der Waals surface area contributed by atoms with E-state index < -0.39 is 22.5 Å². The summed E-state index contributed by atoms with van der Waals surface area (Å²) in [5.74, 6) is -0.918. The van der Waals surface area contributed by atoms with Crippen LogP contribution in [0.4, 0.5) is 25.4 Å². The maximum Gasteiger partial charge on any atom is 0.454 e. The Hall–Kier alpha value is -2.68. The first kappa shape index (κ1) is 13.3. The van der Waals surface area contributed by atoms with Crippen LogP contribution in [0.1, 0.15) is 0 Å². The summed E-state index contributed by atoms with van der Waals surface area (Å²) in [4.78, 5) is 34.9. The fraction of sp³-hybridized carbons (Fsp3) is 0.250. The molecule has 8 nitrogen and oxygen atoms in total. The number of ether oxygens (including phenoxy) is 1. The third-order valence-corrected chi connectivity index (χ3v) is 3.65. The van der Waals surface area contributed by atoms with Gasteiger partial charge in [0.2, 0.25) is 5.69 Å². The van der Waals surface area contributed by atoms with E-state index in [0.717, 1.165) is 11.1 Å². The Morgan fingerprint density at radius 1 is 1.29 bits per heavy atom. The van der Waals surface area contributed by atoms with Crippen molar-refractivity contribution in [3.63, 3.8) is 0 Å². The van der Waals surface area contributed by atoms with Gasteiger partial charge in [-0.3, -0.25) is 4.79 Å². The van der Waals surface area contributed by atoms with Crippen LogP contribution in [-0.4, -0.2) is 43.7 Å². The van der Waals surface area contributed by atoms with Gasteiger partial charge >= 0.3 is 12.1 Å². The number of nitrogens with zero attached hydrogens (tertiary/aromatic N) is 2. The van der Waals surface area contributed by atoms with Gasteiger partial charge in [-0.15, -0.1) is 4.59 Å². The van der Waals surface area contributed by atoms with Crippen molar-refractivity contribution < 1.29 is 23.5 Å². The van der Waals surface area contributed by atoms with Gasteiger partial charge in [-0.1, -0.05) is 0 Å². The monoisotopic (exact) mass is 295 g/mol. The molecule has 21 heavy (non-hydrogen) atoms. The number of carbonyl (C=O) groups excluding carboxylic acids is 3. The lowest BCUT2D eigenvalue weighted by atomic mass is 10.2. The first-order valence-electron chi connectivity index (χ1n) is 6.07. The zero-order valence-electron chi connectivity index (χ0n) is 11.3. The van der Waals surface area contributed by atoms with Crippen LogP contribution in [0.5, 0.6) is 5.75 Å². The molecule has 9 heteroatoms. The predicted molar refractivity (Wildman–Crippen MR) is 69.9 cm³/mol. The first-order valence-corrected chi connectivity index (χ1v) is 6.07. The van der Waals surface area contributed by atoms with E-state index >= 15 is 0 Å². The molecule has 1 saturated heterocycles. The molecule has 1 unspecified atom stereocenters. The highest BCUT2D eigenvalue weighted by atomic mass is 19.1. The number of halogens is 1. The molecule has 1 fully saturated rings. The second-order valence-corrected chi connectivity index (χ2v) is 4.85. The van der Waals surface area contributed by atoms with E-state index in [1.165, 1.54) is 20.2 Å². The van der Waals surface area contributed by atoms with Gasteiger partial charge in [-0.05, 0) is 0 Å². The molecule has 0 aliphatic carbocycles. The van der Waals surface area contributed by atoms with Crippen LogP contribution in [0.3, 0.4) is 0 Å². The number of nitrogens with one attached hydrogen (secondary N) is 2. The molecule has 1 atom stereocenters. The number of hydrogen-bond acceptors (Lipinski definition) is 4. The fourth-order valence-electron chi connectivity index (χ4n) is 2.29. The van der Waals surface area contributed by atoms with Crippen LogP contribution in [-0.2, 0) is 4.79 Å². The summed E-state index contributed by atoms with van der Waals surface area (Å²) < 4.78 is 18.7. The standard InChI is InChI=1S/C12H11FN4O4/c1-16-11(19)15-12(20)17(16,2)8-4-7-9(3-6(8)13)21-5-10(18)14-7/h3-4H,5H2,1-2H3,(H-,14,15,18,19,20)/p+1. The topological polar surface area (TPSA) is 87.7 Å². The molecule has 0 spiro atoms. The summed E-state index contributed by atoms with van der Waals surface area (Å²) >= 11 is 0. The summed E-state index contributed by atoms with van der Waals surface area (Å²) in [6.07, 6.45) is 0. The van der Waals surface area contributed by atoms with E-state index in [9.17, 15) is 18.8 Å². The third kappa shape index (κ3) is 1.74. The fourth-order valence-corrected chi connectivity index (χ4v) is 2.29. The Kier molecular flexibility index (Phi) is 2.63. The quantitative estimate of drug-likeness (QED) is 0.750. The number of imide groups is 1. The first-order chi connectivity index (χ1) is 9.84. The molecule has 110 valence electrons. The second kappa shape index (κ2) is 4.16. The number of urea groups is 2. The van der Waals surface area contributed by atoms with Crippen molar-refractivity contribution in [1.29, 1.82) is 0 Å². The Morgan fingerprint density at radius 2 is 2.00 bits per heavy atom. The molecule has 0 bridgehead atoms. The van der Waals surface area contributed by atoms with E-state index in [0.29, 0.717) is 0 Å². The van der Waals surface area contributed by atoms with Crippen molar-refractivity contribution in [2.45, 2.75) is 0 Å². The minimum absolute atomic E-state index is 0.0783. The van der Waals surface area contributed by atoms with Gasteiger partial charge in [0.1, 0.15) is 12.8 Å². The number of fused-ring (bicyclic) bond motifs is 1. The zero-order chi connectivity index (χ0) is 15.4. The number of anilines is 1. The molecule has 2 aliphatic heterocycles. The van der Waals surface area contributed by atoms with Gasteiger partial charge in [0.15, 0.2) is 12.4 Å². The lowest BCUT2D eigenvalue weighted by Crippen LogP contribution is -2.56. The minimum atomic E-state index is -0.718. The molecule has 2 heterocycles. The van der Waals surface area contributed by atoms with Crippen LogP contribution in [0, 0.1) is 5.82 Å². The molecular weight excluding hydrogens is 283 g/mol. The molecule has 2 N–H and O–H groups in total. The van der Waals surface area contributed by atoms with E-state index in [1.54, 1.807) is 0 Å². The summed E-state index contributed by atoms with van der Waals surface area (Å²) in [5.41, 5.74) is 0.174. The van der Waals surface area contributed by atoms with Crippen molar-refractivity contribution >= 4 is 29.3 Å². The molecule has 3 rings (SSSR count). The van der Waals surface area contributed by atoms with Crippen molar-refractivity contribution in [3.8, 4) is 5.75 Å². The zero-order valence-corrected chi connectivity index (χ0v) is 11.3. The van der Waals surface area contributed by atoms with Crippen LogP contribution >= 0.6 is 0 Å². The number of amides is 5. The number of carbonyl (C=O) groups is 3. The number of benzene rings is 1. The molecule has 2 aliphatic rings. The number of hydrogen-bond donors (Lipinski definition) is 2. The molecule has 1 aromatic rings. The van der Waals surface area contributed by atoms with Gasteiger partial charge < -0.3 is 10.1 Å². The highest BCUT2D eigenvalue weighted by molar-refractivity contribution is 6.06. The highest BCUT2D eigenvalue weighted by Crippen LogP contribution is 2.38. The maximum atomic E-state index is 14.3. The number of quaternary nitrogens is 1. The van der Waals surface area contributed by atoms with Crippen LogP contribution in [0.15, 0.2) is 12.1 Å². The third-order valence-electron chi connectivity index (χ3n) is 3.65. The molecule has 1 aromatic carbocycles.